The molecular formula is C14H13FN4O2. The minimum Gasteiger partial charge on any atom is -0.465 e. The third-order valence-corrected chi connectivity index (χ3v) is 3.39. The van der Waals surface area contributed by atoms with Gasteiger partial charge in [-0.15, -0.1) is 5.10 Å². The molecule has 0 unspecified atom stereocenters. The molecular weight excluding hydrogens is 275 g/mol. The van der Waals surface area contributed by atoms with Crippen molar-refractivity contribution < 1.29 is 14.3 Å². The number of hydrogen-bond donors (Lipinski definition) is 1. The van der Waals surface area contributed by atoms with E-state index in [1.165, 1.54) is 17.0 Å². The summed E-state index contributed by atoms with van der Waals surface area (Å²) < 4.78 is 14.5. The van der Waals surface area contributed by atoms with Gasteiger partial charge in [-0.25, -0.2) is 13.9 Å². The predicted octanol–water partition coefficient (Wildman–Crippen LogP) is 2.17. The van der Waals surface area contributed by atoms with Crippen molar-refractivity contribution in [3.05, 3.63) is 48.0 Å². The summed E-state index contributed by atoms with van der Waals surface area (Å²) in [5.74, 6) is -0.303. The first kappa shape index (κ1) is 13.3. The van der Waals surface area contributed by atoms with Crippen molar-refractivity contribution in [3.63, 3.8) is 0 Å². The summed E-state index contributed by atoms with van der Waals surface area (Å²) in [5, 5.41) is 17.0. The average Bonchev–Trinajstić information content (AvgIpc) is 2.98. The first-order chi connectivity index (χ1) is 10.1. The fourth-order valence-corrected chi connectivity index (χ4v) is 2.21. The first-order valence-corrected chi connectivity index (χ1v) is 6.49. The number of aromatic nitrogens is 3. The van der Waals surface area contributed by atoms with E-state index < -0.39 is 6.09 Å². The van der Waals surface area contributed by atoms with Crippen molar-refractivity contribution in [2.24, 2.45) is 0 Å². The van der Waals surface area contributed by atoms with Gasteiger partial charge in [0, 0.05) is 13.1 Å². The van der Waals surface area contributed by atoms with E-state index in [2.05, 4.69) is 10.3 Å². The Bertz CT molecular complexity index is 693. The van der Waals surface area contributed by atoms with Crippen molar-refractivity contribution in [2.45, 2.75) is 6.42 Å². The van der Waals surface area contributed by atoms with Gasteiger partial charge in [0.05, 0.1) is 11.9 Å². The molecule has 2 aromatic rings. The molecule has 2 heterocycles. The topological polar surface area (TPSA) is 71.2 Å². The van der Waals surface area contributed by atoms with Crippen molar-refractivity contribution in [1.29, 1.82) is 0 Å². The molecule has 0 bridgehead atoms. The molecule has 1 aromatic heterocycles. The van der Waals surface area contributed by atoms with Crippen molar-refractivity contribution >= 4 is 11.7 Å². The highest BCUT2D eigenvalue weighted by Crippen LogP contribution is 2.21. The van der Waals surface area contributed by atoms with Gasteiger partial charge in [0.25, 0.3) is 0 Å². The minimum atomic E-state index is -0.916. The minimum absolute atomic E-state index is 0.303. The summed E-state index contributed by atoms with van der Waals surface area (Å²) in [7, 11) is 0. The smallest absolute Gasteiger partial charge is 0.407 e. The van der Waals surface area contributed by atoms with Gasteiger partial charge in [-0.1, -0.05) is 11.3 Å². The van der Waals surface area contributed by atoms with Gasteiger partial charge in [-0.05, 0) is 36.3 Å². The molecule has 1 aliphatic rings. The van der Waals surface area contributed by atoms with E-state index in [-0.39, 0.29) is 5.82 Å². The standard InChI is InChI=1S/C14H13FN4O2/c15-11-1-3-12(4-2-11)19-9-13(16-17-19)10-5-7-18(8-6-10)14(20)21/h1-5,9H,6-8H2,(H,20,21). The molecule has 3 rings (SSSR count). The maximum Gasteiger partial charge on any atom is 0.407 e. The molecule has 1 amide bonds. The van der Waals surface area contributed by atoms with Crippen LogP contribution in [0.5, 0.6) is 0 Å². The first-order valence-electron chi connectivity index (χ1n) is 6.49. The molecule has 21 heavy (non-hydrogen) atoms. The van der Waals surface area contributed by atoms with Crippen LogP contribution in [0.3, 0.4) is 0 Å². The number of carbonyl (C=O) groups is 1. The van der Waals surface area contributed by atoms with Gasteiger partial charge in [0.1, 0.15) is 11.5 Å². The van der Waals surface area contributed by atoms with Gasteiger partial charge in [-0.2, -0.15) is 0 Å². The molecule has 0 saturated heterocycles. The van der Waals surface area contributed by atoms with Gasteiger partial charge < -0.3 is 10.0 Å². The van der Waals surface area contributed by atoms with Crippen molar-refractivity contribution in [3.8, 4) is 5.69 Å². The summed E-state index contributed by atoms with van der Waals surface area (Å²) in [6.45, 7) is 0.804. The normalized spacial score (nSPS) is 14.9. The summed E-state index contributed by atoms with van der Waals surface area (Å²) >= 11 is 0. The summed E-state index contributed by atoms with van der Waals surface area (Å²) in [6, 6.07) is 5.97. The Balaban J connectivity index is 1.79. The van der Waals surface area contributed by atoms with E-state index >= 15 is 0 Å². The largest absolute Gasteiger partial charge is 0.465 e. The molecule has 0 spiro atoms. The van der Waals surface area contributed by atoms with E-state index in [0.29, 0.717) is 25.2 Å². The number of amides is 1. The van der Waals surface area contributed by atoms with E-state index in [1.54, 1.807) is 23.0 Å². The van der Waals surface area contributed by atoms with Crippen molar-refractivity contribution in [1.82, 2.24) is 19.9 Å². The summed E-state index contributed by atoms with van der Waals surface area (Å²) in [6.07, 6.45) is 3.29. The van der Waals surface area contributed by atoms with Crippen LogP contribution in [0, 0.1) is 5.82 Å². The lowest BCUT2D eigenvalue weighted by Gasteiger charge is -2.22. The van der Waals surface area contributed by atoms with Gasteiger partial charge >= 0.3 is 6.09 Å². The summed E-state index contributed by atoms with van der Waals surface area (Å²) in [4.78, 5) is 12.2. The molecule has 0 atom stereocenters. The van der Waals surface area contributed by atoms with E-state index in [9.17, 15) is 9.18 Å². The molecule has 0 fully saturated rings. The molecule has 0 radical (unpaired) electrons. The second-order valence-corrected chi connectivity index (χ2v) is 4.73. The lowest BCUT2D eigenvalue weighted by molar-refractivity contribution is 0.150. The van der Waals surface area contributed by atoms with Crippen LogP contribution in [-0.4, -0.2) is 44.2 Å². The van der Waals surface area contributed by atoms with Crippen LogP contribution < -0.4 is 0 Å². The maximum atomic E-state index is 12.9. The molecule has 6 nitrogen and oxygen atoms in total. The lowest BCUT2D eigenvalue weighted by Crippen LogP contribution is -2.33. The predicted molar refractivity (Wildman–Crippen MR) is 73.5 cm³/mol. The number of nitrogens with zero attached hydrogens (tertiary/aromatic N) is 4. The molecule has 1 aliphatic heterocycles. The third-order valence-electron chi connectivity index (χ3n) is 3.39. The van der Waals surface area contributed by atoms with Crippen LogP contribution >= 0.6 is 0 Å². The molecule has 1 aromatic carbocycles. The Kier molecular flexibility index (Phi) is 3.39. The Labute approximate surface area is 120 Å². The number of hydrogen-bond acceptors (Lipinski definition) is 3. The fraction of sp³-hybridized carbons (Fsp3) is 0.214. The zero-order valence-electron chi connectivity index (χ0n) is 11.1. The SMILES string of the molecule is O=C(O)N1CC=C(c2cn(-c3ccc(F)cc3)nn2)CC1. The Morgan fingerprint density at radius 3 is 2.67 bits per heavy atom. The Morgan fingerprint density at radius 2 is 2.05 bits per heavy atom. The quantitative estimate of drug-likeness (QED) is 0.919. The maximum absolute atomic E-state index is 12.9. The molecule has 0 aliphatic carbocycles. The lowest BCUT2D eigenvalue weighted by atomic mass is 10.1. The van der Waals surface area contributed by atoms with Crippen LogP contribution in [0.15, 0.2) is 36.5 Å². The second kappa shape index (κ2) is 5.35. The highest BCUT2D eigenvalue weighted by atomic mass is 19.1. The Hall–Kier alpha value is -2.70. The molecule has 7 heteroatoms. The third kappa shape index (κ3) is 2.76. The molecule has 1 N–H and O–H groups in total. The highest BCUT2D eigenvalue weighted by Gasteiger charge is 2.18. The van der Waals surface area contributed by atoms with Crippen LogP contribution in [0.25, 0.3) is 11.3 Å². The molecule has 0 saturated carbocycles. The van der Waals surface area contributed by atoms with Crippen LogP contribution in [-0.2, 0) is 0 Å². The molecule has 108 valence electrons. The number of carboxylic acid groups (broad SMARTS) is 1. The number of benzene rings is 1. The second-order valence-electron chi connectivity index (χ2n) is 4.73. The van der Waals surface area contributed by atoms with Crippen molar-refractivity contribution in [2.75, 3.05) is 13.1 Å². The fourth-order valence-electron chi connectivity index (χ4n) is 2.21. The van der Waals surface area contributed by atoms with E-state index in [4.69, 9.17) is 5.11 Å². The van der Waals surface area contributed by atoms with Gasteiger partial charge in [-0.3, -0.25) is 0 Å². The zero-order chi connectivity index (χ0) is 14.8. The van der Waals surface area contributed by atoms with Crippen LogP contribution in [0.1, 0.15) is 12.1 Å². The van der Waals surface area contributed by atoms with E-state index in [0.717, 1.165) is 11.3 Å². The highest BCUT2D eigenvalue weighted by molar-refractivity contribution is 5.69. The Morgan fingerprint density at radius 1 is 1.29 bits per heavy atom. The number of rotatable bonds is 2. The van der Waals surface area contributed by atoms with Crippen LogP contribution in [0.4, 0.5) is 9.18 Å². The zero-order valence-corrected chi connectivity index (χ0v) is 11.1. The summed E-state index contributed by atoms with van der Waals surface area (Å²) in [5.41, 5.74) is 2.41. The number of halogens is 1. The van der Waals surface area contributed by atoms with Gasteiger partial charge in [0.2, 0.25) is 0 Å². The van der Waals surface area contributed by atoms with E-state index in [1.807, 2.05) is 6.08 Å². The van der Waals surface area contributed by atoms with Crippen LogP contribution in [0.2, 0.25) is 0 Å². The average molecular weight is 288 g/mol. The van der Waals surface area contributed by atoms with Gasteiger partial charge in [0.15, 0.2) is 0 Å². The monoisotopic (exact) mass is 288 g/mol.